The van der Waals surface area contributed by atoms with E-state index in [1.807, 2.05) is 6.07 Å². The number of carbonyl (C=O) groups is 1. The number of hydrogen-bond acceptors (Lipinski definition) is 2. The van der Waals surface area contributed by atoms with E-state index in [1.165, 1.54) is 12.1 Å². The van der Waals surface area contributed by atoms with Gasteiger partial charge in [-0.25, -0.2) is 9.18 Å². The minimum absolute atomic E-state index is 0.162. The minimum Gasteiger partial charge on any atom is -0.378 e. The molecule has 1 aliphatic rings. The largest absolute Gasteiger partial charge is 0.378 e. The summed E-state index contributed by atoms with van der Waals surface area (Å²) in [5.41, 5.74) is 0.883. The lowest BCUT2D eigenvalue weighted by atomic mass is 9.96. The van der Waals surface area contributed by atoms with Gasteiger partial charge in [-0.3, -0.25) is 0 Å². The predicted octanol–water partition coefficient (Wildman–Crippen LogP) is 2.48. The molecule has 116 valence electrons. The molecule has 0 bridgehead atoms. The fraction of sp³-hybridized carbons (Fsp3) is 0.562. The maximum atomic E-state index is 13.0. The van der Waals surface area contributed by atoms with Crippen LogP contribution in [0.2, 0.25) is 0 Å². The zero-order chi connectivity index (χ0) is 15.1. The molecule has 0 unspecified atom stereocenters. The van der Waals surface area contributed by atoms with Gasteiger partial charge >= 0.3 is 6.03 Å². The van der Waals surface area contributed by atoms with Crippen LogP contribution in [0.1, 0.15) is 25.3 Å². The van der Waals surface area contributed by atoms with Crippen LogP contribution in [-0.2, 0) is 11.2 Å². The summed E-state index contributed by atoms with van der Waals surface area (Å²) in [7, 11) is 0. The first-order chi connectivity index (χ1) is 10.1. The average molecular weight is 294 g/mol. The third-order valence-corrected chi connectivity index (χ3v) is 3.73. The molecular weight excluding hydrogens is 271 g/mol. The normalized spacial score (nSPS) is 21.8. The lowest BCUT2D eigenvalue weighted by Crippen LogP contribution is -2.40. The van der Waals surface area contributed by atoms with Crippen molar-refractivity contribution in [1.29, 1.82) is 0 Å². The van der Waals surface area contributed by atoms with E-state index in [-0.39, 0.29) is 18.0 Å². The number of amides is 2. The second kappa shape index (κ2) is 7.98. The summed E-state index contributed by atoms with van der Waals surface area (Å²) < 4.78 is 18.5. The highest BCUT2D eigenvalue weighted by Gasteiger charge is 2.19. The Labute approximate surface area is 125 Å². The highest BCUT2D eigenvalue weighted by molar-refractivity contribution is 5.73. The fourth-order valence-electron chi connectivity index (χ4n) is 2.59. The van der Waals surface area contributed by atoms with Gasteiger partial charge in [-0.1, -0.05) is 12.1 Å². The van der Waals surface area contributed by atoms with Crippen LogP contribution in [0.5, 0.6) is 0 Å². The molecule has 0 spiro atoms. The van der Waals surface area contributed by atoms with E-state index in [0.29, 0.717) is 25.4 Å². The zero-order valence-corrected chi connectivity index (χ0v) is 12.4. The Morgan fingerprint density at radius 2 is 2.29 bits per heavy atom. The van der Waals surface area contributed by atoms with Crippen molar-refractivity contribution in [2.24, 2.45) is 5.92 Å². The highest BCUT2D eigenvalue weighted by atomic mass is 19.1. The number of hydrogen-bond donors (Lipinski definition) is 2. The fourth-order valence-corrected chi connectivity index (χ4v) is 2.59. The molecule has 2 rings (SSSR count). The summed E-state index contributed by atoms with van der Waals surface area (Å²) in [6.45, 7) is 4.01. The van der Waals surface area contributed by atoms with Gasteiger partial charge in [-0.2, -0.15) is 0 Å². The molecule has 1 saturated heterocycles. The smallest absolute Gasteiger partial charge is 0.314 e. The van der Waals surface area contributed by atoms with Gasteiger partial charge in [0.2, 0.25) is 0 Å². The molecule has 2 atom stereocenters. The summed E-state index contributed by atoms with van der Waals surface area (Å²) in [6, 6.07) is 6.27. The molecule has 0 radical (unpaired) electrons. The molecule has 2 amide bonds. The van der Waals surface area contributed by atoms with Crippen molar-refractivity contribution in [3.8, 4) is 0 Å². The van der Waals surface area contributed by atoms with E-state index in [0.717, 1.165) is 25.0 Å². The van der Waals surface area contributed by atoms with Crippen LogP contribution in [0.4, 0.5) is 9.18 Å². The van der Waals surface area contributed by atoms with Crippen molar-refractivity contribution in [2.75, 3.05) is 19.7 Å². The van der Waals surface area contributed by atoms with Crippen LogP contribution in [-0.4, -0.2) is 31.8 Å². The first kappa shape index (κ1) is 15.8. The lowest BCUT2D eigenvalue weighted by molar-refractivity contribution is 0.00346. The molecule has 0 aromatic heterocycles. The monoisotopic (exact) mass is 294 g/mol. The van der Waals surface area contributed by atoms with Crippen LogP contribution in [0, 0.1) is 11.7 Å². The third-order valence-electron chi connectivity index (χ3n) is 3.73. The van der Waals surface area contributed by atoms with Gasteiger partial charge in [-0.05, 0) is 49.8 Å². The first-order valence-corrected chi connectivity index (χ1v) is 7.51. The van der Waals surface area contributed by atoms with Crippen LogP contribution >= 0.6 is 0 Å². The van der Waals surface area contributed by atoms with Crippen molar-refractivity contribution >= 4 is 6.03 Å². The molecule has 1 aliphatic heterocycles. The van der Waals surface area contributed by atoms with Crippen molar-refractivity contribution in [3.05, 3.63) is 35.6 Å². The Bertz CT molecular complexity index is 467. The second-order valence-corrected chi connectivity index (χ2v) is 5.59. The topological polar surface area (TPSA) is 50.4 Å². The number of carbonyl (C=O) groups excluding carboxylic acids is 1. The standard InChI is InChI=1S/C16H23FN2O2/c1-12-9-14(6-8-21-12)11-19-16(20)18-7-5-13-3-2-4-15(17)10-13/h2-4,10,12,14H,5-9,11H2,1H3,(H2,18,19,20)/t12-,14-/m0/s1. The van der Waals surface area contributed by atoms with Gasteiger partial charge in [0.15, 0.2) is 0 Å². The highest BCUT2D eigenvalue weighted by Crippen LogP contribution is 2.18. The van der Waals surface area contributed by atoms with E-state index in [4.69, 9.17) is 4.74 Å². The van der Waals surface area contributed by atoms with Gasteiger partial charge in [0, 0.05) is 19.7 Å². The molecule has 5 heteroatoms. The molecule has 2 N–H and O–H groups in total. The van der Waals surface area contributed by atoms with Gasteiger partial charge in [-0.15, -0.1) is 0 Å². The maximum Gasteiger partial charge on any atom is 0.314 e. The van der Waals surface area contributed by atoms with Crippen LogP contribution in [0.3, 0.4) is 0 Å². The van der Waals surface area contributed by atoms with Gasteiger partial charge in [0.1, 0.15) is 5.82 Å². The molecule has 0 saturated carbocycles. The first-order valence-electron chi connectivity index (χ1n) is 7.51. The Balaban J connectivity index is 1.61. The molecule has 21 heavy (non-hydrogen) atoms. The van der Waals surface area contributed by atoms with E-state index in [1.54, 1.807) is 6.07 Å². The predicted molar refractivity (Wildman–Crippen MR) is 79.6 cm³/mol. The van der Waals surface area contributed by atoms with Crippen molar-refractivity contribution in [3.63, 3.8) is 0 Å². The summed E-state index contributed by atoms with van der Waals surface area (Å²) in [5, 5.41) is 5.69. The summed E-state index contributed by atoms with van der Waals surface area (Å²) >= 11 is 0. The minimum atomic E-state index is -0.245. The van der Waals surface area contributed by atoms with E-state index in [9.17, 15) is 9.18 Å². The Morgan fingerprint density at radius 1 is 1.43 bits per heavy atom. The molecular formula is C16H23FN2O2. The van der Waals surface area contributed by atoms with Crippen molar-refractivity contribution in [1.82, 2.24) is 10.6 Å². The van der Waals surface area contributed by atoms with Gasteiger partial charge in [0.05, 0.1) is 6.10 Å². The average Bonchev–Trinajstić information content (AvgIpc) is 2.45. The van der Waals surface area contributed by atoms with E-state index < -0.39 is 0 Å². The molecule has 0 aliphatic carbocycles. The number of halogens is 1. The summed E-state index contributed by atoms with van der Waals surface area (Å²) in [4.78, 5) is 11.7. The molecule has 1 heterocycles. The number of rotatable bonds is 5. The molecule has 1 aromatic carbocycles. The number of ether oxygens (including phenoxy) is 1. The van der Waals surface area contributed by atoms with Crippen molar-refractivity contribution in [2.45, 2.75) is 32.3 Å². The van der Waals surface area contributed by atoms with Crippen LogP contribution in [0.15, 0.2) is 24.3 Å². The SMILES string of the molecule is C[C@H]1C[C@@H](CNC(=O)NCCc2cccc(F)c2)CCO1. The van der Waals surface area contributed by atoms with Crippen molar-refractivity contribution < 1.29 is 13.9 Å². The van der Waals surface area contributed by atoms with E-state index >= 15 is 0 Å². The Kier molecular flexibility index (Phi) is 5.99. The Morgan fingerprint density at radius 3 is 3.05 bits per heavy atom. The molecule has 4 nitrogen and oxygen atoms in total. The third kappa shape index (κ3) is 5.71. The number of benzene rings is 1. The maximum absolute atomic E-state index is 13.0. The molecule has 1 fully saturated rings. The Hall–Kier alpha value is -1.62. The number of nitrogens with one attached hydrogen (secondary N) is 2. The van der Waals surface area contributed by atoms with Crippen LogP contribution in [0.25, 0.3) is 0 Å². The quantitative estimate of drug-likeness (QED) is 0.876. The lowest BCUT2D eigenvalue weighted by Gasteiger charge is -2.27. The van der Waals surface area contributed by atoms with Gasteiger partial charge in [0.25, 0.3) is 0 Å². The number of urea groups is 1. The van der Waals surface area contributed by atoms with Crippen LogP contribution < -0.4 is 10.6 Å². The zero-order valence-electron chi connectivity index (χ0n) is 12.4. The second-order valence-electron chi connectivity index (χ2n) is 5.59. The van der Waals surface area contributed by atoms with E-state index in [2.05, 4.69) is 17.6 Å². The van der Waals surface area contributed by atoms with Gasteiger partial charge < -0.3 is 15.4 Å². The summed E-state index contributed by atoms with van der Waals surface area (Å²) in [5.74, 6) is 0.244. The summed E-state index contributed by atoms with van der Waals surface area (Å²) in [6.07, 6.45) is 2.89. The molecule has 1 aromatic rings.